The van der Waals surface area contributed by atoms with Crippen molar-refractivity contribution < 1.29 is 9.53 Å². The molecule has 0 spiro atoms. The molecular formula is C12H19NO2. The summed E-state index contributed by atoms with van der Waals surface area (Å²) in [5.41, 5.74) is 1.19. The van der Waals surface area contributed by atoms with Crippen LogP contribution >= 0.6 is 0 Å². The maximum absolute atomic E-state index is 10.8. The predicted octanol–water partition coefficient (Wildman–Crippen LogP) is 2.97. The molecule has 0 fully saturated rings. The number of esters is 1. The van der Waals surface area contributed by atoms with Crippen molar-refractivity contribution in [3.8, 4) is 6.07 Å². The Hall–Kier alpha value is -1.30. The molecule has 0 bridgehead atoms. The highest BCUT2D eigenvalue weighted by molar-refractivity contribution is 5.68. The van der Waals surface area contributed by atoms with Crippen molar-refractivity contribution in [3.63, 3.8) is 0 Å². The third-order valence-corrected chi connectivity index (χ3v) is 2.20. The average Bonchev–Trinajstić information content (AvgIpc) is 2.24. The van der Waals surface area contributed by atoms with E-state index in [4.69, 9.17) is 5.26 Å². The van der Waals surface area contributed by atoms with Crippen molar-refractivity contribution in [2.45, 2.75) is 45.4 Å². The number of nitriles is 1. The summed E-state index contributed by atoms with van der Waals surface area (Å²) in [6, 6.07) is 2.06. The van der Waals surface area contributed by atoms with Crippen LogP contribution in [0.3, 0.4) is 0 Å². The van der Waals surface area contributed by atoms with Gasteiger partial charge in [0, 0.05) is 12.5 Å². The molecule has 0 atom stereocenters. The fraction of sp³-hybridized carbons (Fsp3) is 0.667. The second-order valence-electron chi connectivity index (χ2n) is 3.46. The Balaban J connectivity index is 3.68. The van der Waals surface area contributed by atoms with Crippen molar-refractivity contribution in [2.24, 2.45) is 0 Å². The summed E-state index contributed by atoms with van der Waals surface area (Å²) in [5, 5.41) is 8.55. The Kier molecular flexibility index (Phi) is 8.46. The molecule has 0 rings (SSSR count). The Morgan fingerprint density at radius 3 is 2.53 bits per heavy atom. The molecule has 0 aromatic heterocycles. The molecule has 0 N–H and O–H groups in total. The number of carbonyl (C=O) groups excluding carboxylic acids is 1. The van der Waals surface area contributed by atoms with Crippen LogP contribution in [0.2, 0.25) is 0 Å². The molecule has 0 aromatic rings. The van der Waals surface area contributed by atoms with Gasteiger partial charge in [0.15, 0.2) is 0 Å². The first-order valence-corrected chi connectivity index (χ1v) is 5.39. The first kappa shape index (κ1) is 13.7. The topological polar surface area (TPSA) is 50.1 Å². The Morgan fingerprint density at radius 1 is 1.33 bits per heavy atom. The van der Waals surface area contributed by atoms with Crippen LogP contribution in [0.15, 0.2) is 11.6 Å². The Morgan fingerprint density at radius 2 is 2.00 bits per heavy atom. The van der Waals surface area contributed by atoms with Crippen LogP contribution in [-0.2, 0) is 9.53 Å². The van der Waals surface area contributed by atoms with Crippen molar-refractivity contribution >= 4 is 5.97 Å². The monoisotopic (exact) mass is 209 g/mol. The van der Waals surface area contributed by atoms with Crippen LogP contribution in [0.5, 0.6) is 0 Å². The number of nitrogens with zero attached hydrogens (tertiary/aromatic N) is 1. The highest BCUT2D eigenvalue weighted by atomic mass is 16.5. The van der Waals surface area contributed by atoms with E-state index in [2.05, 4.69) is 17.7 Å². The predicted molar refractivity (Wildman–Crippen MR) is 59.1 cm³/mol. The summed E-state index contributed by atoms with van der Waals surface area (Å²) in [5.74, 6) is -0.156. The Labute approximate surface area is 91.7 Å². The zero-order valence-electron chi connectivity index (χ0n) is 9.58. The molecule has 0 amide bonds. The lowest BCUT2D eigenvalue weighted by Crippen LogP contribution is -1.99. The second kappa shape index (κ2) is 9.26. The molecule has 0 aliphatic carbocycles. The van der Waals surface area contributed by atoms with Gasteiger partial charge in [-0.05, 0) is 25.7 Å². The molecule has 0 saturated carbocycles. The van der Waals surface area contributed by atoms with Crippen LogP contribution in [0, 0.1) is 11.3 Å². The van der Waals surface area contributed by atoms with E-state index in [0.717, 1.165) is 32.1 Å². The van der Waals surface area contributed by atoms with Gasteiger partial charge in [0.1, 0.15) is 0 Å². The summed E-state index contributed by atoms with van der Waals surface area (Å²) in [7, 11) is 1.40. The molecule has 0 saturated heterocycles. The van der Waals surface area contributed by atoms with Crippen LogP contribution in [0.25, 0.3) is 0 Å². The second-order valence-corrected chi connectivity index (χ2v) is 3.46. The van der Waals surface area contributed by atoms with Crippen molar-refractivity contribution in [1.29, 1.82) is 5.26 Å². The number of allylic oxidation sites excluding steroid dienone is 2. The minimum absolute atomic E-state index is 0.156. The number of unbranched alkanes of at least 4 members (excludes halogenated alkanes) is 1. The third-order valence-electron chi connectivity index (χ3n) is 2.20. The van der Waals surface area contributed by atoms with Gasteiger partial charge in [0.05, 0.1) is 13.2 Å². The number of hydrogen-bond donors (Lipinski definition) is 0. The number of hydrogen-bond acceptors (Lipinski definition) is 3. The molecule has 3 nitrogen and oxygen atoms in total. The quantitative estimate of drug-likeness (QED) is 0.368. The molecule has 0 aliphatic rings. The first-order chi connectivity index (χ1) is 7.24. The molecule has 0 aromatic carbocycles. The maximum atomic E-state index is 10.8. The smallest absolute Gasteiger partial charge is 0.305 e. The van der Waals surface area contributed by atoms with E-state index >= 15 is 0 Å². The third kappa shape index (κ3) is 7.75. The maximum Gasteiger partial charge on any atom is 0.305 e. The molecule has 15 heavy (non-hydrogen) atoms. The molecule has 0 aliphatic heterocycles. The van der Waals surface area contributed by atoms with Gasteiger partial charge in [0.25, 0.3) is 0 Å². The van der Waals surface area contributed by atoms with Gasteiger partial charge in [-0.3, -0.25) is 4.79 Å². The normalized spacial score (nSPS) is 10.9. The van der Waals surface area contributed by atoms with Gasteiger partial charge >= 0.3 is 5.97 Å². The van der Waals surface area contributed by atoms with E-state index in [9.17, 15) is 4.79 Å². The van der Waals surface area contributed by atoms with Crippen LogP contribution in [0.4, 0.5) is 0 Å². The van der Waals surface area contributed by atoms with Crippen LogP contribution in [-0.4, -0.2) is 13.1 Å². The standard InChI is InChI=1S/C12H19NO2/c1-3-6-11(9-10-13)7-4-5-8-12(14)15-2/h9H,3-8H2,1-2H3. The number of carbonyl (C=O) groups is 1. The van der Waals surface area contributed by atoms with Gasteiger partial charge < -0.3 is 4.74 Å². The van der Waals surface area contributed by atoms with E-state index in [1.807, 2.05) is 0 Å². The number of methoxy groups -OCH3 is 1. The average molecular weight is 209 g/mol. The highest BCUT2D eigenvalue weighted by Gasteiger charge is 2.01. The molecular weight excluding hydrogens is 190 g/mol. The van der Waals surface area contributed by atoms with Crippen molar-refractivity contribution in [2.75, 3.05) is 7.11 Å². The van der Waals surface area contributed by atoms with Crippen LogP contribution < -0.4 is 0 Å². The number of rotatable bonds is 7. The summed E-state index contributed by atoms with van der Waals surface area (Å²) in [4.78, 5) is 10.8. The minimum Gasteiger partial charge on any atom is -0.469 e. The fourth-order valence-corrected chi connectivity index (χ4v) is 1.41. The van der Waals surface area contributed by atoms with Gasteiger partial charge in [-0.1, -0.05) is 18.9 Å². The van der Waals surface area contributed by atoms with E-state index < -0.39 is 0 Å². The summed E-state index contributed by atoms with van der Waals surface area (Å²) in [6.45, 7) is 2.10. The Bertz CT molecular complexity index is 251. The lowest BCUT2D eigenvalue weighted by molar-refractivity contribution is -0.140. The van der Waals surface area contributed by atoms with E-state index in [0.29, 0.717) is 6.42 Å². The molecule has 84 valence electrons. The largest absolute Gasteiger partial charge is 0.469 e. The molecule has 0 unspecified atom stereocenters. The fourth-order valence-electron chi connectivity index (χ4n) is 1.41. The SMILES string of the molecule is CCCC(=CC#N)CCCCC(=O)OC. The number of ether oxygens (including phenoxy) is 1. The molecule has 0 heterocycles. The molecule has 3 heteroatoms. The molecule has 0 radical (unpaired) electrons. The van der Waals surface area contributed by atoms with E-state index in [-0.39, 0.29) is 5.97 Å². The van der Waals surface area contributed by atoms with Crippen LogP contribution in [0.1, 0.15) is 45.4 Å². The van der Waals surface area contributed by atoms with Crippen molar-refractivity contribution in [1.82, 2.24) is 0 Å². The summed E-state index contributed by atoms with van der Waals surface area (Å²) >= 11 is 0. The van der Waals surface area contributed by atoms with Crippen molar-refractivity contribution in [3.05, 3.63) is 11.6 Å². The zero-order valence-corrected chi connectivity index (χ0v) is 9.58. The summed E-state index contributed by atoms with van der Waals surface area (Å²) in [6.07, 6.45) is 6.83. The van der Waals surface area contributed by atoms with E-state index in [1.54, 1.807) is 6.08 Å². The minimum atomic E-state index is -0.156. The first-order valence-electron chi connectivity index (χ1n) is 5.39. The zero-order chi connectivity index (χ0) is 11.5. The van der Waals surface area contributed by atoms with E-state index in [1.165, 1.54) is 12.7 Å². The van der Waals surface area contributed by atoms with Gasteiger partial charge in [0.2, 0.25) is 0 Å². The van der Waals surface area contributed by atoms with Gasteiger partial charge in [-0.25, -0.2) is 0 Å². The lowest BCUT2D eigenvalue weighted by atomic mass is 10.0. The highest BCUT2D eigenvalue weighted by Crippen LogP contribution is 2.14. The van der Waals surface area contributed by atoms with Gasteiger partial charge in [-0.15, -0.1) is 0 Å². The summed E-state index contributed by atoms with van der Waals surface area (Å²) < 4.78 is 4.55. The lowest BCUT2D eigenvalue weighted by Gasteiger charge is -2.03. The van der Waals surface area contributed by atoms with Gasteiger partial charge in [-0.2, -0.15) is 5.26 Å².